The van der Waals surface area contributed by atoms with Crippen molar-refractivity contribution >= 4 is 29.0 Å². The van der Waals surface area contributed by atoms with Crippen molar-refractivity contribution in [2.75, 3.05) is 5.73 Å². The van der Waals surface area contributed by atoms with Crippen molar-refractivity contribution in [3.05, 3.63) is 34.1 Å². The van der Waals surface area contributed by atoms with Gasteiger partial charge in [-0.15, -0.1) is 0 Å². The molecule has 0 saturated heterocycles. The third-order valence-corrected chi connectivity index (χ3v) is 3.70. The molecule has 2 aromatic rings. The van der Waals surface area contributed by atoms with Crippen LogP contribution in [0, 0.1) is 5.92 Å². The fourth-order valence-electron chi connectivity index (χ4n) is 2.23. The fourth-order valence-corrected chi connectivity index (χ4v) is 2.61. The summed E-state index contributed by atoms with van der Waals surface area (Å²) in [6.07, 6.45) is 0.828. The first-order chi connectivity index (χ1) is 9.43. The molecule has 0 bridgehead atoms. The third-order valence-electron chi connectivity index (χ3n) is 3.13. The Balaban J connectivity index is 2.57. The Bertz CT molecular complexity index is 618. The number of halogens is 2. The third kappa shape index (κ3) is 2.94. The Morgan fingerprint density at radius 3 is 2.60 bits per heavy atom. The molecule has 3 nitrogen and oxygen atoms in total. The number of imidazole rings is 1. The van der Waals surface area contributed by atoms with E-state index in [4.69, 9.17) is 28.9 Å². The molecule has 5 heteroatoms. The van der Waals surface area contributed by atoms with E-state index >= 15 is 0 Å². The smallest absolute Gasteiger partial charge is 0.131 e. The van der Waals surface area contributed by atoms with Gasteiger partial charge in [0.05, 0.1) is 5.02 Å². The Kier molecular flexibility index (Phi) is 4.61. The van der Waals surface area contributed by atoms with Crippen LogP contribution < -0.4 is 5.73 Å². The van der Waals surface area contributed by atoms with Gasteiger partial charge >= 0.3 is 0 Å². The molecule has 2 N–H and O–H groups in total. The monoisotopic (exact) mass is 311 g/mol. The van der Waals surface area contributed by atoms with Crippen LogP contribution in [0.3, 0.4) is 0 Å². The van der Waals surface area contributed by atoms with Gasteiger partial charge in [-0.05, 0) is 24.1 Å². The van der Waals surface area contributed by atoms with Crippen LogP contribution in [0.4, 0.5) is 5.82 Å². The van der Waals surface area contributed by atoms with Crippen molar-refractivity contribution in [1.82, 2.24) is 9.55 Å². The lowest BCUT2D eigenvalue weighted by Gasteiger charge is -2.11. The maximum absolute atomic E-state index is 6.28. The molecule has 20 heavy (non-hydrogen) atoms. The predicted molar refractivity (Wildman–Crippen MR) is 86.3 cm³/mol. The minimum absolute atomic E-state index is 0.500. The number of aryl methyl sites for hydroxylation is 1. The van der Waals surface area contributed by atoms with E-state index in [-0.39, 0.29) is 0 Å². The molecule has 1 aromatic heterocycles. The van der Waals surface area contributed by atoms with Crippen LogP contribution in [0.25, 0.3) is 11.3 Å². The molecule has 1 aromatic carbocycles. The van der Waals surface area contributed by atoms with Gasteiger partial charge in [0.1, 0.15) is 17.3 Å². The van der Waals surface area contributed by atoms with Crippen molar-refractivity contribution in [1.29, 1.82) is 0 Å². The summed E-state index contributed by atoms with van der Waals surface area (Å²) in [5.41, 5.74) is 7.78. The summed E-state index contributed by atoms with van der Waals surface area (Å²) < 4.78 is 2.07. The number of hydrogen-bond donors (Lipinski definition) is 1. The number of hydrogen-bond acceptors (Lipinski definition) is 2. The highest BCUT2D eigenvalue weighted by Gasteiger charge is 2.18. The molecular formula is C15H19Cl2N3. The number of rotatable bonds is 4. The van der Waals surface area contributed by atoms with Crippen LogP contribution in [0.1, 0.15) is 26.6 Å². The van der Waals surface area contributed by atoms with Gasteiger partial charge in [-0.2, -0.15) is 0 Å². The molecule has 0 unspecified atom stereocenters. The van der Waals surface area contributed by atoms with E-state index in [1.807, 2.05) is 6.07 Å². The summed E-state index contributed by atoms with van der Waals surface area (Å²) in [4.78, 5) is 4.65. The molecule has 0 aliphatic carbocycles. The van der Waals surface area contributed by atoms with Crippen molar-refractivity contribution in [3.63, 3.8) is 0 Å². The van der Waals surface area contributed by atoms with Gasteiger partial charge in [0, 0.05) is 23.6 Å². The second-order valence-corrected chi connectivity index (χ2v) is 6.09. The van der Waals surface area contributed by atoms with E-state index in [0.29, 0.717) is 21.8 Å². The Labute approximate surface area is 129 Å². The molecule has 0 atom stereocenters. The first-order valence-corrected chi connectivity index (χ1v) is 7.49. The molecule has 0 amide bonds. The number of nitrogen functional groups attached to an aromatic ring is 1. The average Bonchev–Trinajstić information content (AvgIpc) is 2.69. The maximum atomic E-state index is 6.28. The van der Waals surface area contributed by atoms with Crippen LogP contribution in [-0.4, -0.2) is 9.55 Å². The summed E-state index contributed by atoms with van der Waals surface area (Å²) in [6.45, 7) is 7.23. The molecule has 108 valence electrons. The summed E-state index contributed by atoms with van der Waals surface area (Å²) in [6, 6.07) is 5.34. The minimum Gasteiger partial charge on any atom is -0.383 e. The van der Waals surface area contributed by atoms with E-state index in [9.17, 15) is 0 Å². The number of nitrogens with two attached hydrogens (primary N) is 1. The van der Waals surface area contributed by atoms with Gasteiger partial charge in [0.25, 0.3) is 0 Å². The maximum Gasteiger partial charge on any atom is 0.131 e. The molecule has 0 aliphatic heterocycles. The summed E-state index contributed by atoms with van der Waals surface area (Å²) in [5.74, 6) is 2.13. The first-order valence-electron chi connectivity index (χ1n) is 6.74. The highest BCUT2D eigenvalue weighted by Crippen LogP contribution is 2.34. The molecule has 0 fully saturated rings. The van der Waals surface area contributed by atoms with Gasteiger partial charge in [-0.1, -0.05) is 44.0 Å². The normalized spacial score (nSPS) is 11.3. The highest BCUT2D eigenvalue weighted by atomic mass is 35.5. The quantitative estimate of drug-likeness (QED) is 0.892. The van der Waals surface area contributed by atoms with E-state index in [0.717, 1.165) is 30.0 Å². The zero-order valence-electron chi connectivity index (χ0n) is 12.0. The van der Waals surface area contributed by atoms with Crippen LogP contribution in [0.15, 0.2) is 18.2 Å². The summed E-state index contributed by atoms with van der Waals surface area (Å²) >= 11 is 12.3. The fraction of sp³-hybridized carbons (Fsp3) is 0.400. The second-order valence-electron chi connectivity index (χ2n) is 5.24. The number of nitrogens with zero attached hydrogens (tertiary/aromatic N) is 2. The van der Waals surface area contributed by atoms with Gasteiger partial charge in [-0.25, -0.2) is 4.98 Å². The molecule has 0 radical (unpaired) electrons. The highest BCUT2D eigenvalue weighted by molar-refractivity contribution is 6.35. The van der Waals surface area contributed by atoms with E-state index < -0.39 is 0 Å². The van der Waals surface area contributed by atoms with Crippen molar-refractivity contribution in [3.8, 4) is 11.3 Å². The van der Waals surface area contributed by atoms with E-state index in [1.54, 1.807) is 12.1 Å². The first kappa shape index (κ1) is 15.2. The number of anilines is 1. The van der Waals surface area contributed by atoms with Crippen LogP contribution in [0.5, 0.6) is 0 Å². The minimum atomic E-state index is 0.500. The van der Waals surface area contributed by atoms with Gasteiger partial charge in [0.15, 0.2) is 0 Å². The SMILES string of the molecule is CCc1nc(-c2cc(Cl)ccc2Cl)c(N)n1CC(C)C. The van der Waals surface area contributed by atoms with Crippen molar-refractivity contribution in [2.24, 2.45) is 5.92 Å². The molecule has 0 saturated carbocycles. The van der Waals surface area contributed by atoms with Crippen LogP contribution in [0.2, 0.25) is 10.0 Å². The zero-order valence-corrected chi connectivity index (χ0v) is 13.5. The van der Waals surface area contributed by atoms with E-state index in [2.05, 4.69) is 30.3 Å². The predicted octanol–water partition coefficient (Wildman–Crippen LogP) is 4.66. The topological polar surface area (TPSA) is 43.8 Å². The second kappa shape index (κ2) is 6.06. The summed E-state index contributed by atoms with van der Waals surface area (Å²) in [7, 11) is 0. The standard InChI is InChI=1S/C15H19Cl2N3/c1-4-13-19-14(15(18)20(13)8-9(2)3)11-7-10(16)5-6-12(11)17/h5-7,9H,4,8,18H2,1-3H3. The van der Waals surface area contributed by atoms with Crippen molar-refractivity contribution < 1.29 is 0 Å². The Hall–Kier alpha value is -1.19. The lowest BCUT2D eigenvalue weighted by Crippen LogP contribution is -2.10. The largest absolute Gasteiger partial charge is 0.383 e. The summed E-state index contributed by atoms with van der Waals surface area (Å²) in [5, 5.41) is 1.23. The number of aromatic nitrogens is 2. The average molecular weight is 312 g/mol. The lowest BCUT2D eigenvalue weighted by molar-refractivity contribution is 0.513. The van der Waals surface area contributed by atoms with Crippen LogP contribution in [-0.2, 0) is 13.0 Å². The molecule has 1 heterocycles. The van der Waals surface area contributed by atoms with Crippen molar-refractivity contribution in [2.45, 2.75) is 33.7 Å². The lowest BCUT2D eigenvalue weighted by atomic mass is 10.1. The molecule has 0 spiro atoms. The van der Waals surface area contributed by atoms with Gasteiger partial charge < -0.3 is 10.3 Å². The van der Waals surface area contributed by atoms with Crippen LogP contribution >= 0.6 is 23.2 Å². The van der Waals surface area contributed by atoms with E-state index in [1.165, 1.54) is 0 Å². The number of benzene rings is 1. The molecular weight excluding hydrogens is 293 g/mol. The zero-order chi connectivity index (χ0) is 14.9. The Morgan fingerprint density at radius 2 is 2.00 bits per heavy atom. The van der Waals surface area contributed by atoms with Gasteiger partial charge in [-0.3, -0.25) is 0 Å². The Morgan fingerprint density at radius 1 is 1.30 bits per heavy atom. The molecule has 2 rings (SSSR count). The molecule has 0 aliphatic rings. The van der Waals surface area contributed by atoms with Gasteiger partial charge in [0.2, 0.25) is 0 Å².